The lowest BCUT2D eigenvalue weighted by atomic mass is 9.96. The first-order valence-electron chi connectivity index (χ1n) is 7.91. The third-order valence-corrected chi connectivity index (χ3v) is 4.19. The SMILES string of the molecule is CC(c1cc(-c2cnn3cccnc23)nc(N)n1)c1ccc(F)cc1F.N. The third-order valence-electron chi connectivity index (χ3n) is 4.19. The smallest absolute Gasteiger partial charge is 0.220 e. The summed E-state index contributed by atoms with van der Waals surface area (Å²) < 4.78 is 28.9. The van der Waals surface area contributed by atoms with Crippen molar-refractivity contribution >= 4 is 11.6 Å². The molecule has 5 N–H and O–H groups in total. The van der Waals surface area contributed by atoms with E-state index in [-0.39, 0.29) is 12.1 Å². The summed E-state index contributed by atoms with van der Waals surface area (Å²) in [5, 5.41) is 4.23. The van der Waals surface area contributed by atoms with Gasteiger partial charge in [-0.15, -0.1) is 0 Å². The molecule has 4 aromatic rings. The fourth-order valence-electron chi connectivity index (χ4n) is 2.86. The topological polar surface area (TPSA) is 117 Å². The highest BCUT2D eigenvalue weighted by molar-refractivity contribution is 5.74. The number of halogens is 2. The van der Waals surface area contributed by atoms with Gasteiger partial charge in [-0.05, 0) is 23.8 Å². The fourth-order valence-corrected chi connectivity index (χ4v) is 2.86. The first-order valence-corrected chi connectivity index (χ1v) is 7.91. The van der Waals surface area contributed by atoms with E-state index < -0.39 is 17.6 Å². The average molecular weight is 369 g/mol. The number of nitrogens with zero attached hydrogens (tertiary/aromatic N) is 5. The fraction of sp³-hybridized carbons (Fsp3) is 0.111. The van der Waals surface area contributed by atoms with Gasteiger partial charge in [0.15, 0.2) is 5.65 Å². The Morgan fingerprint density at radius 3 is 2.74 bits per heavy atom. The standard InChI is InChI=1S/C18H14F2N6.H3N/c1-10(12-4-3-11(19)7-14(12)20)15-8-16(25-18(21)24-15)13-9-23-26-6-2-5-22-17(13)26;/h2-10H,1H3,(H2,21,24,25);1H3. The number of nitrogen functional groups attached to an aromatic ring is 1. The Hall–Kier alpha value is -3.46. The summed E-state index contributed by atoms with van der Waals surface area (Å²) >= 11 is 0. The van der Waals surface area contributed by atoms with Crippen LogP contribution in [0.1, 0.15) is 24.1 Å². The van der Waals surface area contributed by atoms with Crippen molar-refractivity contribution in [2.45, 2.75) is 12.8 Å². The summed E-state index contributed by atoms with van der Waals surface area (Å²) in [5.41, 5.74) is 8.56. The number of hydrogen-bond donors (Lipinski definition) is 2. The van der Waals surface area contributed by atoms with Crippen molar-refractivity contribution in [2.75, 3.05) is 5.73 Å². The second-order valence-electron chi connectivity index (χ2n) is 5.87. The average Bonchev–Trinajstić information content (AvgIpc) is 3.05. The molecule has 9 heteroatoms. The van der Waals surface area contributed by atoms with Crippen LogP contribution in [0.2, 0.25) is 0 Å². The van der Waals surface area contributed by atoms with Crippen molar-refractivity contribution in [1.29, 1.82) is 0 Å². The number of hydrogen-bond acceptors (Lipinski definition) is 6. The van der Waals surface area contributed by atoms with Crippen LogP contribution >= 0.6 is 0 Å². The van der Waals surface area contributed by atoms with Crippen molar-refractivity contribution in [3.63, 3.8) is 0 Å². The van der Waals surface area contributed by atoms with Crippen molar-refractivity contribution in [3.05, 3.63) is 71.8 Å². The zero-order valence-corrected chi connectivity index (χ0v) is 14.5. The highest BCUT2D eigenvalue weighted by atomic mass is 19.1. The summed E-state index contributed by atoms with van der Waals surface area (Å²) in [4.78, 5) is 12.8. The van der Waals surface area contributed by atoms with E-state index in [4.69, 9.17) is 5.73 Å². The van der Waals surface area contributed by atoms with Crippen LogP contribution in [0, 0.1) is 11.6 Å². The van der Waals surface area contributed by atoms with Crippen molar-refractivity contribution < 1.29 is 8.78 Å². The predicted molar refractivity (Wildman–Crippen MR) is 97.3 cm³/mol. The number of benzene rings is 1. The van der Waals surface area contributed by atoms with Crippen LogP contribution < -0.4 is 11.9 Å². The van der Waals surface area contributed by atoms with E-state index in [1.165, 1.54) is 12.1 Å². The van der Waals surface area contributed by atoms with Crippen molar-refractivity contribution in [3.8, 4) is 11.3 Å². The van der Waals surface area contributed by atoms with E-state index in [1.54, 1.807) is 42.2 Å². The van der Waals surface area contributed by atoms with Crippen LogP contribution in [-0.2, 0) is 0 Å². The van der Waals surface area contributed by atoms with E-state index in [0.29, 0.717) is 28.2 Å². The van der Waals surface area contributed by atoms with Gasteiger partial charge in [-0.2, -0.15) is 5.10 Å². The van der Waals surface area contributed by atoms with E-state index >= 15 is 0 Å². The van der Waals surface area contributed by atoms with Crippen LogP contribution in [0.5, 0.6) is 0 Å². The molecule has 0 radical (unpaired) electrons. The molecule has 0 fully saturated rings. The molecule has 0 aliphatic carbocycles. The second kappa shape index (κ2) is 7.04. The number of nitrogens with two attached hydrogens (primary N) is 1. The molecule has 0 aliphatic heterocycles. The Labute approximate surface area is 153 Å². The molecule has 0 saturated carbocycles. The maximum absolute atomic E-state index is 14.1. The van der Waals surface area contributed by atoms with E-state index in [0.717, 1.165) is 6.07 Å². The summed E-state index contributed by atoms with van der Waals surface area (Å²) in [7, 11) is 0. The largest absolute Gasteiger partial charge is 0.368 e. The number of fused-ring (bicyclic) bond motifs is 1. The van der Waals surface area contributed by atoms with Crippen LogP contribution in [0.15, 0.2) is 48.9 Å². The highest BCUT2D eigenvalue weighted by Crippen LogP contribution is 2.29. The lowest BCUT2D eigenvalue weighted by molar-refractivity contribution is 0.567. The predicted octanol–water partition coefficient (Wildman–Crippen LogP) is 3.36. The van der Waals surface area contributed by atoms with Gasteiger partial charge in [0.2, 0.25) is 5.95 Å². The number of rotatable bonds is 3. The summed E-state index contributed by atoms with van der Waals surface area (Å²) in [6, 6.07) is 6.96. The zero-order chi connectivity index (χ0) is 18.3. The van der Waals surface area contributed by atoms with Crippen LogP contribution in [0.3, 0.4) is 0 Å². The lowest BCUT2D eigenvalue weighted by Crippen LogP contribution is -2.07. The first kappa shape index (κ1) is 18.3. The quantitative estimate of drug-likeness (QED) is 0.572. The van der Waals surface area contributed by atoms with E-state index in [9.17, 15) is 8.78 Å². The minimum absolute atomic E-state index is 0. The summed E-state index contributed by atoms with van der Waals surface area (Å²) in [6.07, 6.45) is 5.06. The number of anilines is 1. The molecule has 0 saturated heterocycles. The van der Waals surface area contributed by atoms with Crippen molar-refractivity contribution in [1.82, 2.24) is 30.7 Å². The molecule has 0 aliphatic rings. The molecular weight excluding hydrogens is 352 g/mol. The molecule has 27 heavy (non-hydrogen) atoms. The molecule has 0 bridgehead atoms. The molecule has 0 spiro atoms. The lowest BCUT2D eigenvalue weighted by Gasteiger charge is -2.14. The van der Waals surface area contributed by atoms with Crippen molar-refractivity contribution in [2.24, 2.45) is 0 Å². The van der Waals surface area contributed by atoms with E-state index in [1.807, 2.05) is 0 Å². The summed E-state index contributed by atoms with van der Waals surface area (Å²) in [5.74, 6) is -1.63. The molecule has 1 atom stereocenters. The first-order chi connectivity index (χ1) is 12.5. The molecule has 0 amide bonds. The Morgan fingerprint density at radius 2 is 1.96 bits per heavy atom. The van der Waals surface area contributed by atoms with Gasteiger partial charge in [-0.1, -0.05) is 13.0 Å². The molecular formula is C18H17F2N7. The minimum Gasteiger partial charge on any atom is -0.368 e. The molecule has 1 unspecified atom stereocenters. The minimum atomic E-state index is -0.631. The van der Waals surface area contributed by atoms with Crippen LogP contribution in [0.25, 0.3) is 16.9 Å². The Morgan fingerprint density at radius 1 is 1.15 bits per heavy atom. The molecule has 138 valence electrons. The van der Waals surface area contributed by atoms with E-state index in [2.05, 4.69) is 20.1 Å². The molecule has 3 aromatic heterocycles. The van der Waals surface area contributed by atoms with Gasteiger partial charge in [0, 0.05) is 24.4 Å². The van der Waals surface area contributed by atoms with Gasteiger partial charge in [-0.3, -0.25) is 0 Å². The van der Waals surface area contributed by atoms with Gasteiger partial charge < -0.3 is 11.9 Å². The molecule has 7 nitrogen and oxygen atoms in total. The zero-order valence-electron chi connectivity index (χ0n) is 14.5. The maximum Gasteiger partial charge on any atom is 0.220 e. The van der Waals surface area contributed by atoms with Gasteiger partial charge in [0.05, 0.1) is 23.1 Å². The molecule has 1 aromatic carbocycles. The Balaban J connectivity index is 0.00000210. The second-order valence-corrected chi connectivity index (χ2v) is 5.87. The van der Waals surface area contributed by atoms with Crippen LogP contribution in [-0.4, -0.2) is 24.6 Å². The molecule has 4 rings (SSSR count). The highest BCUT2D eigenvalue weighted by Gasteiger charge is 2.18. The monoisotopic (exact) mass is 369 g/mol. The maximum atomic E-state index is 14.1. The van der Waals surface area contributed by atoms with Gasteiger partial charge in [0.25, 0.3) is 0 Å². The van der Waals surface area contributed by atoms with Gasteiger partial charge >= 0.3 is 0 Å². The normalized spacial score (nSPS) is 12.0. The van der Waals surface area contributed by atoms with Gasteiger partial charge in [0.1, 0.15) is 11.6 Å². The van der Waals surface area contributed by atoms with Gasteiger partial charge in [-0.25, -0.2) is 28.2 Å². The number of aromatic nitrogens is 5. The Kier molecular flexibility index (Phi) is 4.78. The Bertz CT molecular complexity index is 1110. The molecule has 3 heterocycles. The third kappa shape index (κ3) is 3.32. The van der Waals surface area contributed by atoms with Crippen LogP contribution in [0.4, 0.5) is 14.7 Å². The summed E-state index contributed by atoms with van der Waals surface area (Å²) in [6.45, 7) is 1.77.